The number of nitrogens with zero attached hydrogens (tertiary/aromatic N) is 2. The summed E-state index contributed by atoms with van der Waals surface area (Å²) in [5.74, 6) is -0.184. The fourth-order valence-electron chi connectivity index (χ4n) is 1.86. The molecule has 0 spiro atoms. The number of nitrogens with two attached hydrogens (primary N) is 1. The third kappa shape index (κ3) is 3.84. The molecule has 0 aliphatic carbocycles. The van der Waals surface area contributed by atoms with Crippen molar-refractivity contribution in [2.45, 2.75) is 0 Å². The van der Waals surface area contributed by atoms with Crippen molar-refractivity contribution in [3.63, 3.8) is 0 Å². The molecule has 2 rings (SSSR count). The maximum absolute atomic E-state index is 12.3. The maximum Gasteiger partial charge on any atom is 0.301 e. The number of morpholine rings is 1. The first-order valence-corrected chi connectivity index (χ1v) is 8.30. The third-order valence-corrected chi connectivity index (χ3v) is 4.93. The van der Waals surface area contributed by atoms with Crippen LogP contribution >= 0.6 is 15.9 Å². The van der Waals surface area contributed by atoms with Crippen molar-refractivity contribution < 1.29 is 18.4 Å². The van der Waals surface area contributed by atoms with Gasteiger partial charge in [0.15, 0.2) is 5.84 Å². The van der Waals surface area contributed by atoms with Gasteiger partial charge in [0.1, 0.15) is 0 Å². The predicted molar refractivity (Wildman–Crippen MR) is 81.6 cm³/mol. The molecule has 0 aromatic heterocycles. The second-order valence-corrected chi connectivity index (χ2v) is 6.88. The highest BCUT2D eigenvalue weighted by atomic mass is 79.9. The van der Waals surface area contributed by atoms with E-state index in [2.05, 4.69) is 25.8 Å². The summed E-state index contributed by atoms with van der Waals surface area (Å²) in [7, 11) is -3.72. The molecule has 1 saturated heterocycles. The molecule has 1 heterocycles. The summed E-state index contributed by atoms with van der Waals surface area (Å²) in [5.41, 5.74) is 6.09. The lowest BCUT2D eigenvalue weighted by molar-refractivity contribution is 0.0733. The zero-order chi connectivity index (χ0) is 15.5. The van der Waals surface area contributed by atoms with Gasteiger partial charge in [0.25, 0.3) is 0 Å². The largest absolute Gasteiger partial charge is 0.409 e. The molecule has 0 amide bonds. The topological polar surface area (TPSA) is 117 Å². The minimum Gasteiger partial charge on any atom is -0.409 e. The molecule has 1 aliphatic heterocycles. The SMILES string of the molecule is N/C(=N/O)c1cc(Br)ccc1NS(=O)(=O)N1CCOCC1. The summed E-state index contributed by atoms with van der Waals surface area (Å²) in [6.45, 7) is 1.28. The normalized spacial score (nSPS) is 17.7. The van der Waals surface area contributed by atoms with Crippen molar-refractivity contribution in [1.29, 1.82) is 0 Å². The number of hydrogen-bond donors (Lipinski definition) is 3. The first kappa shape index (κ1) is 16.0. The van der Waals surface area contributed by atoms with E-state index in [9.17, 15) is 8.42 Å². The summed E-state index contributed by atoms with van der Waals surface area (Å²) in [6, 6.07) is 4.76. The average molecular weight is 379 g/mol. The molecular weight excluding hydrogens is 364 g/mol. The lowest BCUT2D eigenvalue weighted by atomic mass is 10.2. The van der Waals surface area contributed by atoms with E-state index < -0.39 is 10.2 Å². The Morgan fingerprint density at radius 1 is 1.43 bits per heavy atom. The molecule has 0 unspecified atom stereocenters. The highest BCUT2D eigenvalue weighted by molar-refractivity contribution is 9.10. The van der Waals surface area contributed by atoms with E-state index in [0.29, 0.717) is 17.7 Å². The number of benzene rings is 1. The summed E-state index contributed by atoms with van der Waals surface area (Å²) in [4.78, 5) is 0. The molecule has 116 valence electrons. The summed E-state index contributed by atoms with van der Waals surface area (Å²) < 4.78 is 34.2. The number of hydrogen-bond acceptors (Lipinski definition) is 5. The molecule has 10 heteroatoms. The van der Waals surface area contributed by atoms with Gasteiger partial charge in [0.05, 0.1) is 18.9 Å². The Labute approximate surface area is 130 Å². The zero-order valence-corrected chi connectivity index (χ0v) is 13.4. The fourth-order valence-corrected chi connectivity index (χ4v) is 3.44. The number of rotatable bonds is 4. The highest BCUT2D eigenvalue weighted by Gasteiger charge is 2.25. The number of amidine groups is 1. The minimum atomic E-state index is -3.72. The Hall–Kier alpha value is -1.36. The molecule has 4 N–H and O–H groups in total. The van der Waals surface area contributed by atoms with Crippen LogP contribution in [0, 0.1) is 0 Å². The first-order valence-electron chi connectivity index (χ1n) is 6.07. The molecule has 1 aliphatic rings. The molecule has 0 bridgehead atoms. The number of ether oxygens (including phenoxy) is 1. The van der Waals surface area contributed by atoms with Gasteiger partial charge in [-0.1, -0.05) is 21.1 Å². The van der Waals surface area contributed by atoms with Crippen molar-refractivity contribution in [3.8, 4) is 0 Å². The van der Waals surface area contributed by atoms with Crippen molar-refractivity contribution in [2.24, 2.45) is 10.9 Å². The van der Waals surface area contributed by atoms with Gasteiger partial charge in [-0.25, -0.2) is 0 Å². The van der Waals surface area contributed by atoms with Crippen LogP contribution < -0.4 is 10.5 Å². The van der Waals surface area contributed by atoms with Crippen molar-refractivity contribution in [2.75, 3.05) is 31.0 Å². The molecule has 0 atom stereocenters. The first-order chi connectivity index (χ1) is 9.94. The van der Waals surface area contributed by atoms with Crippen molar-refractivity contribution in [3.05, 3.63) is 28.2 Å². The predicted octanol–water partition coefficient (Wildman–Crippen LogP) is 0.532. The van der Waals surface area contributed by atoms with E-state index in [1.54, 1.807) is 12.1 Å². The Morgan fingerprint density at radius 2 is 2.10 bits per heavy atom. The van der Waals surface area contributed by atoms with E-state index in [4.69, 9.17) is 15.7 Å². The average Bonchev–Trinajstić information content (AvgIpc) is 2.49. The Balaban J connectivity index is 2.30. The van der Waals surface area contributed by atoms with Crippen LogP contribution in [-0.4, -0.2) is 50.1 Å². The Kier molecular flexibility index (Phi) is 5.04. The lowest BCUT2D eigenvalue weighted by Crippen LogP contribution is -2.43. The Bertz CT molecular complexity index is 644. The van der Waals surface area contributed by atoms with Crippen molar-refractivity contribution in [1.82, 2.24) is 4.31 Å². The van der Waals surface area contributed by atoms with Gasteiger partial charge in [-0.2, -0.15) is 12.7 Å². The number of nitrogens with one attached hydrogen (secondary N) is 1. The molecule has 1 aromatic carbocycles. The van der Waals surface area contributed by atoms with Gasteiger partial charge < -0.3 is 15.7 Å². The monoisotopic (exact) mass is 378 g/mol. The van der Waals surface area contributed by atoms with E-state index >= 15 is 0 Å². The van der Waals surface area contributed by atoms with Crippen LogP contribution in [0.5, 0.6) is 0 Å². The number of halogens is 1. The summed E-state index contributed by atoms with van der Waals surface area (Å²) in [5, 5.41) is 11.7. The van der Waals surface area contributed by atoms with Gasteiger partial charge in [-0.15, -0.1) is 0 Å². The molecular formula is C11H15BrN4O4S. The van der Waals surface area contributed by atoms with Gasteiger partial charge in [-0.05, 0) is 18.2 Å². The minimum absolute atomic E-state index is 0.184. The van der Waals surface area contributed by atoms with Gasteiger partial charge in [-0.3, -0.25) is 4.72 Å². The van der Waals surface area contributed by atoms with Crippen LogP contribution in [0.3, 0.4) is 0 Å². The second-order valence-electron chi connectivity index (χ2n) is 4.29. The van der Waals surface area contributed by atoms with Gasteiger partial charge in [0, 0.05) is 23.1 Å². The van der Waals surface area contributed by atoms with Crippen LogP contribution in [-0.2, 0) is 14.9 Å². The van der Waals surface area contributed by atoms with Gasteiger partial charge in [0.2, 0.25) is 0 Å². The van der Waals surface area contributed by atoms with Crippen LogP contribution in [0.4, 0.5) is 5.69 Å². The fraction of sp³-hybridized carbons (Fsp3) is 0.364. The van der Waals surface area contributed by atoms with Crippen LogP contribution in [0.15, 0.2) is 27.8 Å². The van der Waals surface area contributed by atoms with Crippen LogP contribution in [0.25, 0.3) is 0 Å². The summed E-state index contributed by atoms with van der Waals surface area (Å²) >= 11 is 3.25. The standard InChI is InChI=1S/C11H15BrN4O4S/c12-8-1-2-10(9(7-8)11(13)14-17)15-21(18,19)16-3-5-20-6-4-16/h1-2,7,15,17H,3-6H2,(H2,13,14). The summed E-state index contributed by atoms with van der Waals surface area (Å²) in [6.07, 6.45) is 0. The zero-order valence-electron chi connectivity index (χ0n) is 11.0. The molecule has 1 fully saturated rings. The number of anilines is 1. The van der Waals surface area contributed by atoms with Gasteiger partial charge >= 0.3 is 10.2 Å². The van der Waals surface area contributed by atoms with E-state index in [1.807, 2.05) is 0 Å². The molecule has 0 radical (unpaired) electrons. The highest BCUT2D eigenvalue weighted by Crippen LogP contribution is 2.23. The number of oxime groups is 1. The Morgan fingerprint density at radius 3 is 2.71 bits per heavy atom. The molecule has 21 heavy (non-hydrogen) atoms. The lowest BCUT2D eigenvalue weighted by Gasteiger charge is -2.26. The van der Waals surface area contributed by atoms with E-state index in [1.165, 1.54) is 10.4 Å². The third-order valence-electron chi connectivity index (χ3n) is 2.91. The molecule has 0 saturated carbocycles. The molecule has 8 nitrogen and oxygen atoms in total. The van der Waals surface area contributed by atoms with Crippen molar-refractivity contribution >= 4 is 37.7 Å². The molecule has 1 aromatic rings. The van der Waals surface area contributed by atoms with Crippen LogP contribution in [0.1, 0.15) is 5.56 Å². The quantitative estimate of drug-likeness (QED) is 0.305. The van der Waals surface area contributed by atoms with E-state index in [0.717, 1.165) is 0 Å². The maximum atomic E-state index is 12.3. The van der Waals surface area contributed by atoms with E-state index in [-0.39, 0.29) is 30.2 Å². The smallest absolute Gasteiger partial charge is 0.301 e. The second kappa shape index (κ2) is 6.60. The van der Waals surface area contributed by atoms with Crippen LogP contribution in [0.2, 0.25) is 0 Å².